The van der Waals surface area contributed by atoms with E-state index in [1.165, 1.54) is 6.07 Å². The lowest BCUT2D eigenvalue weighted by molar-refractivity contribution is -0.139. The van der Waals surface area contributed by atoms with Gasteiger partial charge in [0.25, 0.3) is 0 Å². The normalized spacial score (nSPS) is 12.4. The van der Waals surface area contributed by atoms with Crippen LogP contribution in [0.1, 0.15) is 18.1 Å². The molecule has 0 aliphatic rings. The van der Waals surface area contributed by atoms with Crippen LogP contribution in [0.15, 0.2) is 22.7 Å². The van der Waals surface area contributed by atoms with E-state index < -0.39 is 18.5 Å². The van der Waals surface area contributed by atoms with E-state index in [0.29, 0.717) is 4.47 Å². The first kappa shape index (κ1) is 11.0. The molecule has 3 N–H and O–H groups in total. The Morgan fingerprint density at radius 1 is 1.50 bits per heavy atom. The maximum absolute atomic E-state index is 10.3. The average molecular weight is 261 g/mol. The van der Waals surface area contributed by atoms with Gasteiger partial charge in [-0.15, -0.1) is 0 Å². The zero-order chi connectivity index (χ0) is 10.7. The quantitative estimate of drug-likeness (QED) is 0.773. The standard InChI is InChI=1S/C9H9BrO4/c10-6-3-1-2-5(9(6)14)7(11)4-8(12)13/h1-3,7,11,14H,4H2,(H,12,13)/t7-/m0/s1. The van der Waals surface area contributed by atoms with Crippen molar-refractivity contribution < 1.29 is 20.1 Å². The van der Waals surface area contributed by atoms with Gasteiger partial charge in [0.2, 0.25) is 0 Å². The summed E-state index contributed by atoms with van der Waals surface area (Å²) in [4.78, 5) is 10.3. The van der Waals surface area contributed by atoms with Crippen LogP contribution in [-0.4, -0.2) is 21.3 Å². The van der Waals surface area contributed by atoms with Gasteiger partial charge < -0.3 is 15.3 Å². The lowest BCUT2D eigenvalue weighted by atomic mass is 10.1. The molecule has 1 rings (SSSR count). The highest BCUT2D eigenvalue weighted by atomic mass is 79.9. The third kappa shape index (κ3) is 2.46. The summed E-state index contributed by atoms with van der Waals surface area (Å²) in [6.07, 6.45) is -1.62. The van der Waals surface area contributed by atoms with Crippen LogP contribution in [0.3, 0.4) is 0 Å². The number of para-hydroxylation sites is 1. The highest BCUT2D eigenvalue weighted by Gasteiger charge is 2.16. The van der Waals surface area contributed by atoms with Crippen molar-refractivity contribution in [3.63, 3.8) is 0 Å². The number of aliphatic hydroxyl groups excluding tert-OH is 1. The van der Waals surface area contributed by atoms with Crippen LogP contribution in [0.4, 0.5) is 0 Å². The first-order valence-electron chi connectivity index (χ1n) is 3.89. The minimum absolute atomic E-state index is 0.124. The largest absolute Gasteiger partial charge is 0.506 e. The van der Waals surface area contributed by atoms with Crippen LogP contribution in [0.25, 0.3) is 0 Å². The topological polar surface area (TPSA) is 77.8 Å². The van der Waals surface area contributed by atoms with Crippen molar-refractivity contribution in [2.45, 2.75) is 12.5 Å². The first-order valence-corrected chi connectivity index (χ1v) is 4.69. The van der Waals surface area contributed by atoms with Crippen LogP contribution in [0, 0.1) is 0 Å². The molecule has 0 fully saturated rings. The van der Waals surface area contributed by atoms with E-state index in [9.17, 15) is 15.0 Å². The molecule has 0 aliphatic carbocycles. The second kappa shape index (κ2) is 4.43. The molecular weight excluding hydrogens is 252 g/mol. The van der Waals surface area contributed by atoms with E-state index in [0.717, 1.165) is 0 Å². The third-order valence-electron chi connectivity index (χ3n) is 1.74. The van der Waals surface area contributed by atoms with Gasteiger partial charge in [0.05, 0.1) is 17.0 Å². The molecule has 0 saturated heterocycles. The van der Waals surface area contributed by atoms with Gasteiger partial charge in [-0.25, -0.2) is 0 Å². The molecule has 0 amide bonds. The maximum Gasteiger partial charge on any atom is 0.306 e. The number of aromatic hydroxyl groups is 1. The van der Waals surface area contributed by atoms with Crippen molar-refractivity contribution >= 4 is 21.9 Å². The number of aliphatic hydroxyl groups is 1. The fourth-order valence-corrected chi connectivity index (χ4v) is 1.46. The van der Waals surface area contributed by atoms with E-state index in [1.54, 1.807) is 12.1 Å². The van der Waals surface area contributed by atoms with E-state index in [4.69, 9.17) is 5.11 Å². The fourth-order valence-electron chi connectivity index (χ4n) is 1.08. The van der Waals surface area contributed by atoms with E-state index >= 15 is 0 Å². The number of rotatable bonds is 3. The summed E-state index contributed by atoms with van der Waals surface area (Å²) in [6, 6.07) is 4.70. The molecule has 0 heterocycles. The van der Waals surface area contributed by atoms with Crippen LogP contribution in [-0.2, 0) is 4.79 Å². The summed E-state index contributed by atoms with van der Waals surface area (Å²) in [6.45, 7) is 0. The Bertz CT molecular complexity index is 351. The van der Waals surface area contributed by atoms with Gasteiger partial charge in [0.15, 0.2) is 0 Å². The minimum Gasteiger partial charge on any atom is -0.506 e. The summed E-state index contributed by atoms with van der Waals surface area (Å²) in [5, 5.41) is 27.4. The number of phenols is 1. The summed E-state index contributed by atoms with van der Waals surface area (Å²) < 4.78 is 0.430. The summed E-state index contributed by atoms with van der Waals surface area (Å²) in [5.74, 6) is -1.24. The van der Waals surface area contributed by atoms with Crippen molar-refractivity contribution in [3.05, 3.63) is 28.2 Å². The lowest BCUT2D eigenvalue weighted by Crippen LogP contribution is -2.05. The number of hydrogen-bond donors (Lipinski definition) is 3. The number of halogens is 1. The number of aliphatic carboxylic acids is 1. The Morgan fingerprint density at radius 2 is 2.14 bits per heavy atom. The van der Waals surface area contributed by atoms with Crippen molar-refractivity contribution in [2.75, 3.05) is 0 Å². The SMILES string of the molecule is O=C(O)C[C@H](O)c1cccc(Br)c1O. The molecule has 0 radical (unpaired) electrons. The molecule has 0 aromatic heterocycles. The molecular formula is C9H9BrO4. The molecule has 76 valence electrons. The van der Waals surface area contributed by atoms with Crippen LogP contribution in [0.5, 0.6) is 5.75 Å². The Morgan fingerprint density at radius 3 is 2.71 bits per heavy atom. The molecule has 0 aliphatic heterocycles. The Balaban J connectivity index is 2.95. The van der Waals surface area contributed by atoms with Crippen LogP contribution < -0.4 is 0 Å². The summed E-state index contributed by atoms with van der Waals surface area (Å²) >= 11 is 3.07. The number of carbonyl (C=O) groups is 1. The summed E-state index contributed by atoms with van der Waals surface area (Å²) in [7, 11) is 0. The van der Waals surface area contributed by atoms with E-state index in [2.05, 4.69) is 15.9 Å². The van der Waals surface area contributed by atoms with Gasteiger partial charge in [-0.05, 0) is 22.0 Å². The number of phenolic OH excluding ortho intramolecular Hbond substituents is 1. The molecule has 1 aromatic rings. The van der Waals surface area contributed by atoms with Gasteiger partial charge in [0, 0.05) is 5.56 Å². The van der Waals surface area contributed by atoms with Crippen molar-refractivity contribution in [2.24, 2.45) is 0 Å². The van der Waals surface area contributed by atoms with Gasteiger partial charge in [0.1, 0.15) is 5.75 Å². The van der Waals surface area contributed by atoms with Crippen LogP contribution >= 0.6 is 15.9 Å². The Kier molecular flexibility index (Phi) is 3.49. The molecule has 14 heavy (non-hydrogen) atoms. The molecule has 1 aromatic carbocycles. The van der Waals surface area contributed by atoms with Crippen molar-refractivity contribution in [3.8, 4) is 5.75 Å². The van der Waals surface area contributed by atoms with Gasteiger partial charge in [-0.1, -0.05) is 12.1 Å². The van der Waals surface area contributed by atoms with Gasteiger partial charge >= 0.3 is 5.97 Å². The number of benzene rings is 1. The number of hydrogen-bond acceptors (Lipinski definition) is 3. The first-order chi connectivity index (χ1) is 6.52. The number of carboxylic acid groups (broad SMARTS) is 1. The molecule has 4 nitrogen and oxygen atoms in total. The predicted octanol–water partition coefficient (Wildman–Crippen LogP) is 1.66. The monoisotopic (exact) mass is 260 g/mol. The van der Waals surface area contributed by atoms with Crippen molar-refractivity contribution in [1.82, 2.24) is 0 Å². The third-order valence-corrected chi connectivity index (χ3v) is 2.38. The molecule has 0 saturated carbocycles. The summed E-state index contributed by atoms with van der Waals surface area (Å²) in [5.41, 5.74) is 0.210. The molecule has 5 heteroatoms. The highest BCUT2D eigenvalue weighted by molar-refractivity contribution is 9.10. The molecule has 0 bridgehead atoms. The Hall–Kier alpha value is -1.07. The fraction of sp³-hybridized carbons (Fsp3) is 0.222. The highest BCUT2D eigenvalue weighted by Crippen LogP contribution is 2.32. The molecule has 0 unspecified atom stereocenters. The number of carboxylic acids is 1. The smallest absolute Gasteiger partial charge is 0.306 e. The lowest BCUT2D eigenvalue weighted by Gasteiger charge is -2.10. The van der Waals surface area contributed by atoms with E-state index in [-0.39, 0.29) is 11.3 Å². The van der Waals surface area contributed by atoms with Gasteiger partial charge in [-0.3, -0.25) is 4.79 Å². The minimum atomic E-state index is -1.19. The van der Waals surface area contributed by atoms with Gasteiger partial charge in [-0.2, -0.15) is 0 Å². The molecule has 1 atom stereocenters. The second-order valence-electron chi connectivity index (χ2n) is 2.79. The maximum atomic E-state index is 10.3. The Labute approximate surface area is 88.9 Å². The second-order valence-corrected chi connectivity index (χ2v) is 3.65. The van der Waals surface area contributed by atoms with E-state index in [1.807, 2.05) is 0 Å². The zero-order valence-electron chi connectivity index (χ0n) is 7.14. The molecule has 0 spiro atoms. The zero-order valence-corrected chi connectivity index (χ0v) is 8.73. The predicted molar refractivity (Wildman–Crippen MR) is 53.0 cm³/mol. The van der Waals surface area contributed by atoms with Crippen molar-refractivity contribution in [1.29, 1.82) is 0 Å². The van der Waals surface area contributed by atoms with Crippen LogP contribution in [0.2, 0.25) is 0 Å². The average Bonchev–Trinajstić information content (AvgIpc) is 2.08.